The predicted octanol–water partition coefficient (Wildman–Crippen LogP) is 10.1. The molecule has 1 fully saturated rings. The van der Waals surface area contributed by atoms with Gasteiger partial charge in [0.15, 0.2) is 0 Å². The summed E-state index contributed by atoms with van der Waals surface area (Å²) in [5.41, 5.74) is 1.98. The normalized spacial score (nSPS) is 18.8. The summed E-state index contributed by atoms with van der Waals surface area (Å²) >= 11 is -0.427. The number of carbonyl (C=O) groups excluding carboxylic acids is 8. The minimum Gasteiger partial charge on any atom is -0.0603 e. The van der Waals surface area contributed by atoms with Crippen molar-refractivity contribution in [2.75, 3.05) is 13.2 Å². The smallest absolute Gasteiger partial charge is 0.0176 e. The molecule has 3 unspecified atom stereocenters. The van der Waals surface area contributed by atoms with E-state index in [-0.39, 0.29) is 42.6 Å². The summed E-state index contributed by atoms with van der Waals surface area (Å²) < 4.78 is 28.0. The molecule has 9 atom stereocenters. The van der Waals surface area contributed by atoms with Crippen molar-refractivity contribution in [2.45, 2.75) is 218 Å². The van der Waals surface area contributed by atoms with Crippen LogP contribution in [0.3, 0.4) is 0 Å². The molecule has 7 N–H and O–H groups in total. The first-order valence-corrected chi connectivity index (χ1v) is 48.5. The standard InChI is InChI=1S/C89H117N7O12SeSi3/c1-17-61(4)81(98)94-78(60(2)3)85(102)93-76(58-66-48-52-69(53-49-66)108-112(89(11,12)13,73-42-29-21-30-43-73)74-44-31-22-32-45-74)84(101)95-79-63(6)106-59-67(35-33-34-65-46-50-68(51-47-65)107-111(88(8,9)10,71-38-25-19-26-39-71)72-40-27-20-28-41-72)91-83(100)75(54-55-77(97)105-56-57-110(14,15)16)92-87(104)80(96-82(99)62(5)90-86(79)103)64(7)109-70-36-23-18-24-37-70/h17-32,36-53,60,62-64,67,75-76,78-80H,33-35,54-59H2,1-16H3,(H,90,103)(H,91,100)(H,92,104)(H,93,102)(H,94,98)(H,95,101)(H,96,99)/b61-17+/t62-,63+,64-,67?,75+,76+,78-,79?,80?/m0/s1. The number of esters is 1. The number of rotatable bonds is 30. The van der Waals surface area contributed by atoms with Crippen LogP contribution in [0.2, 0.25) is 40.6 Å². The Morgan fingerprint density at radius 2 is 1.06 bits per heavy atom. The third kappa shape index (κ3) is 24.2. The maximum atomic E-state index is 15.6. The van der Waals surface area contributed by atoms with Gasteiger partial charge in [0.25, 0.3) is 0 Å². The number of hydrogen-bond donors (Lipinski definition) is 7. The Morgan fingerprint density at radius 3 is 1.53 bits per heavy atom. The predicted molar refractivity (Wildman–Crippen MR) is 454 cm³/mol. The van der Waals surface area contributed by atoms with Gasteiger partial charge in [-0.1, -0.05) is 227 Å². The molecule has 0 saturated carbocycles. The average molecular weight is 1640 g/mol. The van der Waals surface area contributed by atoms with Crippen LogP contribution >= 0.6 is 0 Å². The maximum Gasteiger partial charge on any atom is -0.0176 e. The molecule has 8 rings (SSSR count). The van der Waals surface area contributed by atoms with Crippen LogP contribution in [0.1, 0.15) is 127 Å². The molecule has 1 aliphatic rings. The van der Waals surface area contributed by atoms with Gasteiger partial charge in [0.1, 0.15) is 17.5 Å². The van der Waals surface area contributed by atoms with Crippen molar-refractivity contribution in [1.29, 1.82) is 0 Å². The van der Waals surface area contributed by atoms with Gasteiger partial charge in [0.2, 0.25) is 11.8 Å². The molecule has 0 aliphatic carbocycles. The summed E-state index contributed by atoms with van der Waals surface area (Å²) in [7, 11) is -7.66. The molecule has 0 aromatic heterocycles. The summed E-state index contributed by atoms with van der Waals surface area (Å²) in [4.78, 5) is 117. The topological polar surface area (TPSA) is 258 Å². The summed E-state index contributed by atoms with van der Waals surface area (Å²) in [6, 6.07) is 58.2. The van der Waals surface area contributed by atoms with Crippen molar-refractivity contribution in [3.8, 4) is 11.5 Å². The minimum atomic E-state index is -3.10. The molecular formula is C89H117N7O12SeSi3. The molecule has 1 heterocycles. The molecule has 0 bridgehead atoms. The molecule has 0 spiro atoms. The van der Waals surface area contributed by atoms with E-state index in [2.05, 4.69) is 171 Å². The van der Waals surface area contributed by atoms with E-state index >= 15 is 19.2 Å². The first-order chi connectivity index (χ1) is 53.1. The Morgan fingerprint density at radius 1 is 0.580 bits per heavy atom. The van der Waals surface area contributed by atoms with Gasteiger partial charge in [0, 0.05) is 5.57 Å². The molecule has 1 saturated heterocycles. The second kappa shape index (κ2) is 40.5. The van der Waals surface area contributed by atoms with Crippen molar-refractivity contribution in [1.82, 2.24) is 37.2 Å². The van der Waals surface area contributed by atoms with Crippen LogP contribution in [0.25, 0.3) is 0 Å². The fourth-order valence-electron chi connectivity index (χ4n) is 13.9. The van der Waals surface area contributed by atoms with E-state index < -0.39 is 146 Å². The number of nitrogens with one attached hydrogen (secondary N) is 7. The summed E-state index contributed by atoms with van der Waals surface area (Å²) in [6.07, 6.45) is 1.33. The van der Waals surface area contributed by atoms with Gasteiger partial charge >= 0.3 is 311 Å². The third-order valence-corrected chi connectivity index (χ3v) is 34.6. The quantitative estimate of drug-likeness (QED) is 0.0126. The molecule has 23 heteroatoms. The third-order valence-electron chi connectivity index (χ3n) is 20.5. The number of ether oxygens (including phenoxy) is 2. The van der Waals surface area contributed by atoms with Crippen LogP contribution in [0.5, 0.6) is 11.5 Å². The average Bonchev–Trinajstić information content (AvgIpc) is 0.747. The van der Waals surface area contributed by atoms with Gasteiger partial charge in [-0.3, -0.25) is 9.59 Å². The van der Waals surface area contributed by atoms with E-state index in [1.54, 1.807) is 40.7 Å². The van der Waals surface area contributed by atoms with E-state index in [1.807, 2.05) is 134 Å². The summed E-state index contributed by atoms with van der Waals surface area (Å²) in [5.74, 6) is -4.49. The zero-order valence-corrected chi connectivity index (χ0v) is 72.8. The van der Waals surface area contributed by atoms with Crippen molar-refractivity contribution in [3.63, 3.8) is 0 Å². The maximum absolute atomic E-state index is 15.6. The van der Waals surface area contributed by atoms with Gasteiger partial charge in [-0.05, 0) is 80.4 Å². The molecule has 7 aromatic carbocycles. The van der Waals surface area contributed by atoms with Crippen LogP contribution in [0.15, 0.2) is 212 Å². The van der Waals surface area contributed by atoms with E-state index in [9.17, 15) is 19.2 Å². The second-order valence-corrected chi connectivity index (χ2v) is 50.0. The second-order valence-electron chi connectivity index (χ2n) is 32.9. The summed E-state index contributed by atoms with van der Waals surface area (Å²) in [6.45, 7) is 31.6. The van der Waals surface area contributed by atoms with Gasteiger partial charge in [-0.2, -0.15) is 0 Å². The van der Waals surface area contributed by atoms with E-state index in [0.717, 1.165) is 42.6 Å². The van der Waals surface area contributed by atoms with E-state index in [1.165, 1.54) is 6.92 Å². The van der Waals surface area contributed by atoms with Gasteiger partial charge < -0.3 is 14.2 Å². The molecule has 7 amide bonds. The number of allylic oxidation sites excluding steroid dienone is 1. The van der Waals surface area contributed by atoms with Gasteiger partial charge in [-0.15, -0.1) is 0 Å². The monoisotopic (exact) mass is 1640 g/mol. The van der Waals surface area contributed by atoms with E-state index in [0.29, 0.717) is 36.1 Å². The fourth-order valence-corrected chi connectivity index (χ4v) is 25.7. The van der Waals surface area contributed by atoms with Crippen molar-refractivity contribution < 1.29 is 56.7 Å². The minimum absolute atomic E-state index is 0.111. The first-order valence-electron chi connectivity index (χ1n) is 39.2. The van der Waals surface area contributed by atoms with Gasteiger partial charge in [-0.25, -0.2) is 0 Å². The zero-order valence-electron chi connectivity index (χ0n) is 68.1. The zero-order chi connectivity index (χ0) is 81.6. The SMILES string of the molecule is C/C=C(\C)C(=O)N[C@H](C(=O)N[C@H](Cc1ccc(O[Si](c2ccccc2)(c2ccccc2)C(C)(C)C)cc1)C(=O)NC1C(=O)N[C@@H](C)C(=O)NC([C@H](C)[Se]c2ccccc2)C(=O)N[C@H](CCC(=O)OCC[Si](C)(C)C)C(=O)NC(CCCc2ccc(O[Si](c3ccccc3)(c3ccccc3)C(C)(C)C)cc2)CO[C@@H]1C)C(C)C. The molecule has 598 valence electrons. The Hall–Kier alpha value is -9.23. The molecule has 112 heavy (non-hydrogen) atoms. The number of benzene rings is 7. The Bertz CT molecular complexity index is 4200. The van der Waals surface area contributed by atoms with Crippen LogP contribution in [-0.4, -0.2) is 149 Å². The Kier molecular flexibility index (Phi) is 31.9. The number of aryl methyl sites for hydroxylation is 1. The van der Waals surface area contributed by atoms with Crippen molar-refractivity contribution in [3.05, 3.63) is 223 Å². The Balaban J connectivity index is 1.15. The fraction of sp³-hybridized carbons (Fsp3) is 0.416. The molecule has 19 nitrogen and oxygen atoms in total. The van der Waals surface area contributed by atoms with Gasteiger partial charge in [0.05, 0.1) is 0 Å². The summed E-state index contributed by atoms with van der Waals surface area (Å²) in [5, 5.41) is 24.3. The first kappa shape index (κ1) is 88.3. The van der Waals surface area contributed by atoms with Crippen molar-refractivity contribution >= 4 is 112 Å². The van der Waals surface area contributed by atoms with Crippen molar-refractivity contribution in [2.24, 2.45) is 5.92 Å². The van der Waals surface area contributed by atoms with Crippen LogP contribution in [0, 0.1) is 5.92 Å². The molecular weight excluding hydrogens is 1520 g/mol. The van der Waals surface area contributed by atoms with Crippen LogP contribution in [-0.2, 0) is 60.7 Å². The number of hydrogen-bond acceptors (Lipinski definition) is 12. The van der Waals surface area contributed by atoms with Crippen LogP contribution < -0.4 is 71.3 Å². The number of carbonyl (C=O) groups is 8. The Labute approximate surface area is 672 Å². The number of amides is 7. The molecule has 0 radical (unpaired) electrons. The van der Waals surface area contributed by atoms with E-state index in [4.69, 9.17) is 18.3 Å². The largest absolute Gasteiger partial charge is 0.0603 e. The van der Waals surface area contributed by atoms with Crippen LogP contribution in [0.4, 0.5) is 0 Å². The molecule has 7 aromatic rings. The molecule has 1 aliphatic heterocycles.